The van der Waals surface area contributed by atoms with E-state index in [1.54, 1.807) is 24.3 Å². The number of para-hydroxylation sites is 1. The highest BCUT2D eigenvalue weighted by Gasteiger charge is 2.14. The number of carbonyl (C=O) groups excluding carboxylic acids is 1. The molecule has 0 N–H and O–H groups in total. The van der Waals surface area contributed by atoms with Gasteiger partial charge in [-0.15, -0.1) is 15.3 Å². The van der Waals surface area contributed by atoms with Crippen LogP contribution in [0.2, 0.25) is 0 Å². The molecule has 2 aromatic heterocycles. The summed E-state index contributed by atoms with van der Waals surface area (Å²) in [5, 5.41) is 18.2. The van der Waals surface area contributed by atoms with E-state index < -0.39 is 5.97 Å². The van der Waals surface area contributed by atoms with Gasteiger partial charge in [0.2, 0.25) is 0 Å². The maximum atomic E-state index is 12.7. The van der Waals surface area contributed by atoms with Gasteiger partial charge in [-0.1, -0.05) is 90.2 Å². The molecule has 4 aromatic carbocycles. The first-order chi connectivity index (χ1) is 19.7. The largest absolute Gasteiger partial charge is 0.494 e. The van der Waals surface area contributed by atoms with Gasteiger partial charge in [-0.2, -0.15) is 0 Å². The molecule has 6 aromatic rings. The fourth-order valence-corrected chi connectivity index (χ4v) is 4.99. The average Bonchev–Trinajstić information content (AvgIpc) is 3.66. The minimum absolute atomic E-state index is 0.393. The molecular weight excluding hydrogens is 522 g/mol. The van der Waals surface area contributed by atoms with Gasteiger partial charge in [0.25, 0.3) is 0 Å². The third-order valence-corrected chi connectivity index (χ3v) is 7.39. The molecule has 8 nitrogen and oxygen atoms in total. The highest BCUT2D eigenvalue weighted by molar-refractivity contribution is 7.17. The smallest absolute Gasteiger partial charge is 0.365 e. The summed E-state index contributed by atoms with van der Waals surface area (Å²) in [6, 6.07) is 30.8. The minimum atomic E-state index is -0.529. The Balaban J connectivity index is 1.11. The first-order valence-corrected chi connectivity index (χ1v) is 13.8. The standard InChI is InChI=1S/C31H25N5O3S/c1-2-3-20-38-26-18-16-22(17-19-26)21-8-10-23(11-9-21)29-33-34-30(40-29)24-12-14-25(15-13-24)31(37)39-36-28-7-5-4-6-27(28)32-35-36/h4-19H,2-3,20H2,1H3. The van der Waals surface area contributed by atoms with E-state index in [0.29, 0.717) is 16.6 Å². The van der Waals surface area contributed by atoms with E-state index >= 15 is 0 Å². The van der Waals surface area contributed by atoms with Crippen molar-refractivity contribution in [1.82, 2.24) is 25.4 Å². The lowest BCUT2D eigenvalue weighted by Gasteiger charge is -2.07. The number of nitrogens with zero attached hydrogens (tertiary/aromatic N) is 5. The monoisotopic (exact) mass is 547 g/mol. The number of hydrogen-bond donors (Lipinski definition) is 0. The number of benzene rings is 4. The van der Waals surface area contributed by atoms with Crippen molar-refractivity contribution >= 4 is 28.3 Å². The molecule has 0 aliphatic heterocycles. The molecule has 6 rings (SSSR count). The first kappa shape index (κ1) is 25.4. The van der Waals surface area contributed by atoms with Crippen LogP contribution in [0.4, 0.5) is 0 Å². The summed E-state index contributed by atoms with van der Waals surface area (Å²) < 4.78 is 5.76. The van der Waals surface area contributed by atoms with E-state index in [4.69, 9.17) is 9.57 Å². The number of rotatable bonds is 9. The Labute approximate surface area is 234 Å². The Morgan fingerprint density at radius 3 is 2.02 bits per heavy atom. The zero-order valence-electron chi connectivity index (χ0n) is 21.7. The van der Waals surface area contributed by atoms with Crippen molar-refractivity contribution in [2.75, 3.05) is 6.61 Å². The number of carbonyl (C=O) groups is 1. The van der Waals surface area contributed by atoms with Crippen LogP contribution in [-0.4, -0.2) is 37.9 Å². The molecule has 2 heterocycles. The predicted octanol–water partition coefficient (Wildman–Crippen LogP) is 6.73. The van der Waals surface area contributed by atoms with Gasteiger partial charge in [0.15, 0.2) is 0 Å². The summed E-state index contributed by atoms with van der Waals surface area (Å²) >= 11 is 1.49. The molecule has 0 atom stereocenters. The van der Waals surface area contributed by atoms with Crippen LogP contribution in [-0.2, 0) is 0 Å². The molecule has 0 aliphatic rings. The lowest BCUT2D eigenvalue weighted by molar-refractivity contribution is 0.0409. The van der Waals surface area contributed by atoms with Gasteiger partial charge in [0.1, 0.15) is 26.8 Å². The highest BCUT2D eigenvalue weighted by atomic mass is 32.1. The lowest BCUT2D eigenvalue weighted by atomic mass is 10.0. The zero-order valence-corrected chi connectivity index (χ0v) is 22.5. The molecule has 0 unspecified atom stereocenters. The van der Waals surface area contributed by atoms with Gasteiger partial charge in [0, 0.05) is 11.1 Å². The van der Waals surface area contributed by atoms with Crippen molar-refractivity contribution in [2.45, 2.75) is 19.8 Å². The fourth-order valence-electron chi connectivity index (χ4n) is 4.13. The van der Waals surface area contributed by atoms with E-state index in [1.807, 2.05) is 36.4 Å². The molecule has 0 fully saturated rings. The first-order valence-electron chi connectivity index (χ1n) is 13.0. The molecule has 40 heavy (non-hydrogen) atoms. The molecule has 9 heteroatoms. The van der Waals surface area contributed by atoms with Gasteiger partial charge in [0.05, 0.1) is 12.2 Å². The van der Waals surface area contributed by atoms with Gasteiger partial charge in [-0.05, 0) is 59.2 Å². The summed E-state index contributed by atoms with van der Waals surface area (Å²) in [6.07, 6.45) is 2.17. The van der Waals surface area contributed by atoms with Crippen molar-refractivity contribution in [3.8, 4) is 38.0 Å². The summed E-state index contributed by atoms with van der Waals surface area (Å²) in [5.74, 6) is 0.364. The number of unbranched alkanes of at least 4 members (excludes halogenated alkanes) is 1. The Hall–Kier alpha value is -4.89. The quantitative estimate of drug-likeness (QED) is 0.146. The second-order valence-electron chi connectivity index (χ2n) is 9.12. The van der Waals surface area contributed by atoms with Crippen molar-refractivity contribution in [3.05, 3.63) is 103 Å². The fraction of sp³-hybridized carbons (Fsp3) is 0.129. The van der Waals surface area contributed by atoms with Gasteiger partial charge in [-0.3, -0.25) is 0 Å². The molecule has 0 aliphatic carbocycles. The number of hydrogen-bond acceptors (Lipinski definition) is 8. The Morgan fingerprint density at radius 2 is 1.35 bits per heavy atom. The number of aromatic nitrogens is 5. The Kier molecular flexibility index (Phi) is 7.28. The van der Waals surface area contributed by atoms with E-state index in [9.17, 15) is 4.79 Å². The minimum Gasteiger partial charge on any atom is -0.494 e. The van der Waals surface area contributed by atoms with Gasteiger partial charge >= 0.3 is 5.97 Å². The molecule has 0 saturated carbocycles. The lowest BCUT2D eigenvalue weighted by Crippen LogP contribution is -2.20. The second-order valence-corrected chi connectivity index (χ2v) is 10.1. The van der Waals surface area contributed by atoms with Crippen LogP contribution >= 0.6 is 11.3 Å². The average molecular weight is 548 g/mol. The zero-order chi connectivity index (χ0) is 27.3. The van der Waals surface area contributed by atoms with E-state index in [2.05, 4.69) is 63.8 Å². The summed E-state index contributed by atoms with van der Waals surface area (Å²) in [6.45, 7) is 2.90. The summed E-state index contributed by atoms with van der Waals surface area (Å²) in [5.41, 5.74) is 5.76. The predicted molar refractivity (Wildman–Crippen MR) is 155 cm³/mol. The SMILES string of the molecule is CCCCOc1ccc(-c2ccc(-c3nnc(-c4ccc(C(=O)On5nnc6ccccc65)cc4)s3)cc2)cc1. The Bertz CT molecular complexity index is 1740. The Morgan fingerprint density at radius 1 is 0.750 bits per heavy atom. The molecule has 198 valence electrons. The molecular formula is C31H25N5O3S. The van der Waals surface area contributed by atoms with Crippen LogP contribution in [0.1, 0.15) is 30.1 Å². The van der Waals surface area contributed by atoms with Gasteiger partial charge in [-0.25, -0.2) is 4.79 Å². The number of ether oxygens (including phenoxy) is 1. The van der Waals surface area contributed by atoms with Crippen molar-refractivity contribution < 1.29 is 14.4 Å². The topological polar surface area (TPSA) is 92.0 Å². The number of fused-ring (bicyclic) bond motifs is 1. The third kappa shape index (κ3) is 5.45. The van der Waals surface area contributed by atoms with Crippen molar-refractivity contribution in [1.29, 1.82) is 0 Å². The van der Waals surface area contributed by atoms with Crippen molar-refractivity contribution in [2.24, 2.45) is 0 Å². The van der Waals surface area contributed by atoms with Crippen LogP contribution < -0.4 is 9.57 Å². The van der Waals surface area contributed by atoms with Crippen LogP contribution in [0.5, 0.6) is 5.75 Å². The van der Waals surface area contributed by atoms with Crippen LogP contribution in [0.3, 0.4) is 0 Å². The summed E-state index contributed by atoms with van der Waals surface area (Å²) in [7, 11) is 0. The van der Waals surface area contributed by atoms with Crippen LogP contribution in [0.25, 0.3) is 43.3 Å². The summed E-state index contributed by atoms with van der Waals surface area (Å²) in [4.78, 5) is 19.2. The molecule has 0 amide bonds. The van der Waals surface area contributed by atoms with Crippen LogP contribution in [0, 0.1) is 0 Å². The molecule has 0 radical (unpaired) electrons. The normalized spacial score (nSPS) is 11.0. The van der Waals surface area contributed by atoms with Gasteiger partial charge < -0.3 is 9.57 Å². The highest BCUT2D eigenvalue weighted by Crippen LogP contribution is 2.32. The van der Waals surface area contributed by atoms with Crippen LogP contribution in [0.15, 0.2) is 97.1 Å². The second kappa shape index (κ2) is 11.5. The van der Waals surface area contributed by atoms with Crippen molar-refractivity contribution in [3.63, 3.8) is 0 Å². The molecule has 0 spiro atoms. The molecule has 0 bridgehead atoms. The third-order valence-electron chi connectivity index (χ3n) is 6.37. The van der Waals surface area contributed by atoms with E-state index in [-0.39, 0.29) is 0 Å². The molecule has 0 saturated heterocycles. The maximum Gasteiger partial charge on any atom is 0.365 e. The maximum absolute atomic E-state index is 12.7. The van der Waals surface area contributed by atoms with E-state index in [0.717, 1.165) is 62.3 Å². The van der Waals surface area contributed by atoms with E-state index in [1.165, 1.54) is 11.3 Å².